The second kappa shape index (κ2) is 3.55. The number of hydrogen-bond acceptors (Lipinski definition) is 4. The van der Waals surface area contributed by atoms with Gasteiger partial charge in [0.05, 0.1) is 10.7 Å². The topological polar surface area (TPSA) is 74.9 Å². The molecule has 0 saturated heterocycles. The Hall–Kier alpha value is -1.14. The Morgan fingerprint density at radius 2 is 2.43 bits per heavy atom. The summed E-state index contributed by atoms with van der Waals surface area (Å²) < 4.78 is 6.08. The first-order valence-electron chi connectivity index (χ1n) is 3.98. The quantitative estimate of drug-likeness (QED) is 0.858. The van der Waals surface area contributed by atoms with Crippen molar-refractivity contribution < 1.29 is 9.52 Å². The molecule has 14 heavy (non-hydrogen) atoms. The molecule has 74 valence electrons. The highest BCUT2D eigenvalue weighted by Gasteiger charge is 2.13. The maximum Gasteiger partial charge on any atom is 0.220 e. The molecule has 5 nitrogen and oxygen atoms in total. The summed E-state index contributed by atoms with van der Waals surface area (Å²) in [6.45, 7) is 1.69. The van der Waals surface area contributed by atoms with Gasteiger partial charge in [0, 0.05) is 5.69 Å². The van der Waals surface area contributed by atoms with Crippen LogP contribution >= 0.6 is 15.9 Å². The number of aryl methyl sites for hydroxylation is 1. The van der Waals surface area contributed by atoms with Gasteiger partial charge in [0.2, 0.25) is 5.89 Å². The first-order valence-corrected chi connectivity index (χ1v) is 4.78. The van der Waals surface area contributed by atoms with Gasteiger partial charge >= 0.3 is 0 Å². The average Bonchev–Trinajstić information content (AvgIpc) is 2.75. The van der Waals surface area contributed by atoms with Crippen LogP contribution in [0.2, 0.25) is 0 Å². The number of oxazole rings is 1. The lowest BCUT2D eigenvalue weighted by atomic mass is 10.3. The molecule has 6 heteroatoms. The number of aliphatic hydroxyl groups excluding tert-OH is 1. The van der Waals surface area contributed by atoms with Gasteiger partial charge in [0.15, 0.2) is 5.76 Å². The summed E-state index contributed by atoms with van der Waals surface area (Å²) in [6.07, 6.45) is 1.53. The van der Waals surface area contributed by atoms with Crippen molar-refractivity contribution in [1.82, 2.24) is 15.2 Å². The summed E-state index contributed by atoms with van der Waals surface area (Å²) in [5.74, 6) is 0.817. The van der Waals surface area contributed by atoms with E-state index in [1.807, 2.05) is 6.92 Å². The second-order valence-corrected chi connectivity index (χ2v) is 3.58. The summed E-state index contributed by atoms with van der Waals surface area (Å²) in [5, 5.41) is 15.6. The van der Waals surface area contributed by atoms with Gasteiger partial charge in [-0.1, -0.05) is 0 Å². The number of aromatic amines is 1. The smallest absolute Gasteiger partial charge is 0.220 e. The highest BCUT2D eigenvalue weighted by Crippen LogP contribution is 2.28. The lowest BCUT2D eigenvalue weighted by Gasteiger charge is -1.90. The molecule has 2 aromatic rings. The zero-order chi connectivity index (χ0) is 10.1. The zero-order valence-corrected chi connectivity index (χ0v) is 9.00. The van der Waals surface area contributed by atoms with Gasteiger partial charge in [-0.15, -0.1) is 0 Å². The molecule has 0 bridgehead atoms. The van der Waals surface area contributed by atoms with Gasteiger partial charge < -0.3 is 9.52 Å². The Bertz CT molecular complexity index is 449. The number of nitrogens with zero attached hydrogens (tertiary/aromatic N) is 2. The molecule has 0 aromatic carbocycles. The number of rotatable bonds is 2. The highest BCUT2D eigenvalue weighted by atomic mass is 79.9. The third-order valence-electron chi connectivity index (χ3n) is 1.79. The van der Waals surface area contributed by atoms with E-state index in [-0.39, 0.29) is 12.5 Å². The summed E-state index contributed by atoms with van der Waals surface area (Å²) in [7, 11) is 0. The van der Waals surface area contributed by atoms with Crippen molar-refractivity contribution in [2.24, 2.45) is 0 Å². The molecule has 0 amide bonds. The lowest BCUT2D eigenvalue weighted by molar-refractivity contribution is 0.241. The molecular weight excluding hydrogens is 250 g/mol. The van der Waals surface area contributed by atoms with Crippen LogP contribution in [0.15, 0.2) is 15.1 Å². The van der Waals surface area contributed by atoms with Crippen LogP contribution in [-0.4, -0.2) is 20.3 Å². The molecular formula is C8H8BrN3O2. The molecule has 2 N–H and O–H groups in total. The molecule has 0 fully saturated rings. The Morgan fingerprint density at radius 3 is 2.93 bits per heavy atom. The van der Waals surface area contributed by atoms with Gasteiger partial charge in [0.25, 0.3) is 0 Å². The summed E-state index contributed by atoms with van der Waals surface area (Å²) in [5.41, 5.74) is 1.58. The van der Waals surface area contributed by atoms with Crippen LogP contribution in [0, 0.1) is 6.92 Å². The number of hydrogen-bond donors (Lipinski definition) is 2. The third-order valence-corrected chi connectivity index (χ3v) is 2.77. The van der Waals surface area contributed by atoms with Crippen molar-refractivity contribution in [2.45, 2.75) is 13.5 Å². The van der Waals surface area contributed by atoms with Crippen molar-refractivity contribution in [3.8, 4) is 11.5 Å². The molecule has 0 spiro atoms. The number of nitrogens with one attached hydrogen (secondary N) is 1. The molecule has 0 atom stereocenters. The van der Waals surface area contributed by atoms with Crippen molar-refractivity contribution in [1.29, 1.82) is 0 Å². The van der Waals surface area contributed by atoms with Gasteiger partial charge in [0.1, 0.15) is 12.3 Å². The third kappa shape index (κ3) is 1.46. The van der Waals surface area contributed by atoms with Crippen molar-refractivity contribution in [2.75, 3.05) is 0 Å². The fraction of sp³-hybridized carbons (Fsp3) is 0.250. The minimum absolute atomic E-state index is 0.207. The Kier molecular flexibility index (Phi) is 2.39. The van der Waals surface area contributed by atoms with E-state index < -0.39 is 0 Å². The number of halogens is 1. The average molecular weight is 258 g/mol. The van der Waals surface area contributed by atoms with Gasteiger partial charge in [-0.2, -0.15) is 5.10 Å². The molecule has 2 heterocycles. The van der Waals surface area contributed by atoms with Crippen LogP contribution in [0.1, 0.15) is 11.6 Å². The zero-order valence-electron chi connectivity index (χ0n) is 7.41. The first-order chi connectivity index (χ1) is 6.72. The highest BCUT2D eigenvalue weighted by molar-refractivity contribution is 9.10. The van der Waals surface area contributed by atoms with Crippen LogP contribution in [0.25, 0.3) is 11.5 Å². The molecule has 0 aliphatic carbocycles. The molecule has 0 aliphatic rings. The summed E-state index contributed by atoms with van der Waals surface area (Å²) >= 11 is 3.37. The number of H-pyrrole nitrogens is 1. The van der Waals surface area contributed by atoms with Crippen molar-refractivity contribution in [3.63, 3.8) is 0 Å². The Labute approximate surface area is 88.3 Å². The monoisotopic (exact) mass is 257 g/mol. The van der Waals surface area contributed by atoms with Crippen LogP contribution in [-0.2, 0) is 6.61 Å². The maximum absolute atomic E-state index is 8.78. The van der Waals surface area contributed by atoms with Gasteiger partial charge in [-0.25, -0.2) is 4.98 Å². The standard InChI is InChI=1S/C8H8BrN3O2/c1-4-7(9)8(12-11-4)5-2-10-6(3-13)14-5/h2,13H,3H2,1H3,(H,11,12). The Morgan fingerprint density at radius 1 is 1.64 bits per heavy atom. The maximum atomic E-state index is 8.78. The summed E-state index contributed by atoms with van der Waals surface area (Å²) in [6, 6.07) is 0. The molecule has 0 unspecified atom stereocenters. The van der Waals surface area contributed by atoms with E-state index in [0.29, 0.717) is 11.5 Å². The Balaban J connectivity index is 2.44. The summed E-state index contributed by atoms with van der Waals surface area (Å²) in [4.78, 5) is 3.87. The second-order valence-electron chi connectivity index (χ2n) is 2.79. The number of aromatic nitrogens is 3. The largest absolute Gasteiger partial charge is 0.436 e. The number of aliphatic hydroxyl groups is 1. The minimum Gasteiger partial charge on any atom is -0.436 e. The normalized spacial score (nSPS) is 10.8. The van der Waals surface area contributed by atoms with Crippen LogP contribution < -0.4 is 0 Å². The molecule has 0 aliphatic heterocycles. The van der Waals surface area contributed by atoms with Gasteiger partial charge in [-0.05, 0) is 22.9 Å². The first kappa shape index (κ1) is 9.42. The fourth-order valence-electron chi connectivity index (χ4n) is 1.07. The predicted octanol–water partition coefficient (Wildman–Crippen LogP) is 1.63. The van der Waals surface area contributed by atoms with Crippen LogP contribution in [0.3, 0.4) is 0 Å². The molecule has 2 aromatic heterocycles. The van der Waals surface area contributed by atoms with E-state index in [9.17, 15) is 0 Å². The predicted molar refractivity (Wildman–Crippen MR) is 52.4 cm³/mol. The van der Waals surface area contributed by atoms with E-state index in [4.69, 9.17) is 9.52 Å². The van der Waals surface area contributed by atoms with E-state index >= 15 is 0 Å². The molecule has 2 rings (SSSR count). The van der Waals surface area contributed by atoms with Crippen molar-refractivity contribution >= 4 is 15.9 Å². The van der Waals surface area contributed by atoms with Gasteiger partial charge in [-0.3, -0.25) is 5.10 Å². The molecule has 0 saturated carbocycles. The van der Waals surface area contributed by atoms with E-state index in [0.717, 1.165) is 10.2 Å². The molecule has 0 radical (unpaired) electrons. The SMILES string of the molecule is Cc1[nH]nc(-c2cnc(CO)o2)c1Br. The van der Waals surface area contributed by atoms with E-state index in [2.05, 4.69) is 31.1 Å². The minimum atomic E-state index is -0.207. The van der Waals surface area contributed by atoms with E-state index in [1.165, 1.54) is 6.20 Å². The van der Waals surface area contributed by atoms with Crippen molar-refractivity contribution in [3.05, 3.63) is 22.3 Å². The van der Waals surface area contributed by atoms with Crippen LogP contribution in [0.4, 0.5) is 0 Å². The van der Waals surface area contributed by atoms with E-state index in [1.54, 1.807) is 0 Å². The fourth-order valence-corrected chi connectivity index (χ4v) is 1.44. The lowest BCUT2D eigenvalue weighted by Crippen LogP contribution is -1.78. The van der Waals surface area contributed by atoms with Crippen LogP contribution in [0.5, 0.6) is 0 Å².